The van der Waals surface area contributed by atoms with Gasteiger partial charge in [0.1, 0.15) is 5.75 Å². The summed E-state index contributed by atoms with van der Waals surface area (Å²) in [5.74, 6) is -1.33. The number of nitrogens with one attached hydrogen (secondary N) is 2. The van der Waals surface area contributed by atoms with Crippen molar-refractivity contribution < 1.29 is 18.3 Å². The molecule has 1 aliphatic rings. The molecule has 0 aliphatic carbocycles. The topological polar surface area (TPSA) is 83.1 Å². The number of H-pyrrole nitrogens is 1. The molecule has 1 fully saturated rings. The Morgan fingerprint density at radius 1 is 1.16 bits per heavy atom. The monoisotopic (exact) mass is 427 g/mol. The number of rotatable bonds is 6. The van der Waals surface area contributed by atoms with Gasteiger partial charge < -0.3 is 15.0 Å². The molecule has 2 aromatic carbocycles. The van der Waals surface area contributed by atoms with Gasteiger partial charge in [0.15, 0.2) is 11.6 Å². The number of para-hydroxylation sites is 2. The molecule has 2 heterocycles. The number of aromatic amines is 1. The smallest absolute Gasteiger partial charge is 0.253 e. The molecule has 1 aromatic heterocycles. The molecule has 2 N–H and O–H groups in total. The number of alkyl halides is 2. The molecule has 0 bridgehead atoms. The number of anilines is 1. The number of ether oxygens (including phenoxy) is 1. The molecule has 0 spiro atoms. The molecule has 9 heteroatoms. The summed E-state index contributed by atoms with van der Waals surface area (Å²) >= 11 is 0. The fourth-order valence-electron chi connectivity index (χ4n) is 3.61. The van der Waals surface area contributed by atoms with Crippen molar-refractivity contribution in [1.29, 1.82) is 0 Å². The minimum absolute atomic E-state index is 0.122. The van der Waals surface area contributed by atoms with Crippen LogP contribution in [-0.2, 0) is 6.54 Å². The Morgan fingerprint density at radius 3 is 2.65 bits per heavy atom. The first kappa shape index (κ1) is 20.8. The summed E-state index contributed by atoms with van der Waals surface area (Å²) in [7, 11) is 1.58. The number of amides is 1. The van der Waals surface area contributed by atoms with Crippen LogP contribution in [0.4, 0.5) is 14.5 Å². The molecule has 1 aliphatic heterocycles. The highest BCUT2D eigenvalue weighted by atomic mass is 19.3. The van der Waals surface area contributed by atoms with E-state index in [4.69, 9.17) is 4.74 Å². The molecule has 1 amide bonds. The zero-order valence-corrected chi connectivity index (χ0v) is 17.1. The Hall–Kier alpha value is -3.49. The molecule has 0 saturated carbocycles. The van der Waals surface area contributed by atoms with Gasteiger partial charge in [0, 0.05) is 31.6 Å². The predicted molar refractivity (Wildman–Crippen MR) is 112 cm³/mol. The second-order valence-corrected chi connectivity index (χ2v) is 7.34. The lowest BCUT2D eigenvalue weighted by atomic mass is 10.0. The number of nitrogens with zero attached hydrogens (tertiary/aromatic N) is 3. The standard InChI is InChI=1S/C22H23F2N5O2/c1-31-18-9-5-3-7-16(18)20-26-19(27-28-20)14-25-21(30)15-6-2-4-8-17(15)29-12-10-22(23,24)11-13-29/h2-9H,10-14H2,1H3,(H,25,30)(H,26,27,28). The van der Waals surface area contributed by atoms with Gasteiger partial charge in [-0.15, -0.1) is 0 Å². The minimum atomic E-state index is -2.64. The van der Waals surface area contributed by atoms with E-state index < -0.39 is 5.92 Å². The Kier molecular flexibility index (Phi) is 5.83. The quantitative estimate of drug-likeness (QED) is 0.628. The fourth-order valence-corrected chi connectivity index (χ4v) is 3.61. The van der Waals surface area contributed by atoms with Gasteiger partial charge in [0.2, 0.25) is 0 Å². The summed E-state index contributed by atoms with van der Waals surface area (Å²) in [5.41, 5.74) is 1.86. The number of aromatic nitrogens is 3. The summed E-state index contributed by atoms with van der Waals surface area (Å²) in [6.07, 6.45) is -0.433. The molecule has 3 aromatic rings. The van der Waals surface area contributed by atoms with E-state index in [1.54, 1.807) is 31.4 Å². The Bertz CT molecular complexity index is 1060. The molecule has 0 unspecified atom stereocenters. The van der Waals surface area contributed by atoms with Crippen LogP contribution < -0.4 is 15.0 Å². The molecular weight excluding hydrogens is 404 g/mol. The largest absolute Gasteiger partial charge is 0.496 e. The fraction of sp³-hybridized carbons (Fsp3) is 0.318. The van der Waals surface area contributed by atoms with E-state index in [-0.39, 0.29) is 38.4 Å². The molecule has 31 heavy (non-hydrogen) atoms. The van der Waals surface area contributed by atoms with Crippen molar-refractivity contribution in [2.24, 2.45) is 0 Å². The number of carbonyl (C=O) groups excluding carboxylic acids is 1. The van der Waals surface area contributed by atoms with Gasteiger partial charge in [-0.25, -0.2) is 13.8 Å². The summed E-state index contributed by atoms with van der Waals surface area (Å²) in [6, 6.07) is 14.4. The van der Waals surface area contributed by atoms with Crippen molar-refractivity contribution in [3.8, 4) is 17.1 Å². The van der Waals surface area contributed by atoms with Crippen LogP contribution in [-0.4, -0.2) is 47.2 Å². The normalized spacial score (nSPS) is 15.5. The number of benzene rings is 2. The van der Waals surface area contributed by atoms with Crippen LogP contribution in [0.5, 0.6) is 5.75 Å². The number of piperidine rings is 1. The van der Waals surface area contributed by atoms with Gasteiger partial charge in [-0.1, -0.05) is 24.3 Å². The third kappa shape index (κ3) is 4.65. The van der Waals surface area contributed by atoms with Crippen LogP contribution in [0.15, 0.2) is 48.5 Å². The summed E-state index contributed by atoms with van der Waals surface area (Å²) < 4.78 is 32.3. The maximum atomic E-state index is 13.5. The highest BCUT2D eigenvalue weighted by molar-refractivity contribution is 5.99. The van der Waals surface area contributed by atoms with Crippen molar-refractivity contribution in [1.82, 2.24) is 20.5 Å². The number of hydrogen-bond donors (Lipinski definition) is 2. The van der Waals surface area contributed by atoms with E-state index in [9.17, 15) is 13.6 Å². The third-order valence-corrected chi connectivity index (χ3v) is 5.29. The first-order chi connectivity index (χ1) is 15.0. The SMILES string of the molecule is COc1ccccc1-c1nc(CNC(=O)c2ccccc2N2CCC(F)(F)CC2)n[nH]1. The van der Waals surface area contributed by atoms with Crippen molar-refractivity contribution in [2.45, 2.75) is 25.3 Å². The molecular formula is C22H23F2N5O2. The zero-order chi connectivity index (χ0) is 21.8. The first-order valence-electron chi connectivity index (χ1n) is 10.0. The Labute approximate surface area is 178 Å². The number of hydrogen-bond acceptors (Lipinski definition) is 5. The second-order valence-electron chi connectivity index (χ2n) is 7.34. The first-order valence-corrected chi connectivity index (χ1v) is 10.0. The highest BCUT2D eigenvalue weighted by Gasteiger charge is 2.34. The van der Waals surface area contributed by atoms with Gasteiger partial charge in [-0.3, -0.25) is 9.89 Å². The molecule has 7 nitrogen and oxygen atoms in total. The molecule has 0 atom stereocenters. The highest BCUT2D eigenvalue weighted by Crippen LogP contribution is 2.32. The van der Waals surface area contributed by atoms with Crippen molar-refractivity contribution in [3.63, 3.8) is 0 Å². The van der Waals surface area contributed by atoms with Crippen LogP contribution in [0, 0.1) is 0 Å². The maximum absolute atomic E-state index is 13.5. The number of carbonyl (C=O) groups is 1. The van der Waals surface area contributed by atoms with Crippen LogP contribution in [0.3, 0.4) is 0 Å². The molecule has 0 radical (unpaired) electrons. The van der Waals surface area contributed by atoms with Gasteiger partial charge in [-0.2, -0.15) is 5.10 Å². The van der Waals surface area contributed by atoms with Gasteiger partial charge in [0.05, 0.1) is 24.8 Å². The Morgan fingerprint density at radius 2 is 1.87 bits per heavy atom. The van der Waals surface area contributed by atoms with E-state index in [1.165, 1.54) is 0 Å². The van der Waals surface area contributed by atoms with E-state index in [0.717, 1.165) is 5.56 Å². The van der Waals surface area contributed by atoms with Gasteiger partial charge in [0.25, 0.3) is 11.8 Å². The van der Waals surface area contributed by atoms with Crippen molar-refractivity contribution in [3.05, 3.63) is 59.9 Å². The summed E-state index contributed by atoms with van der Waals surface area (Å²) in [5, 5.41) is 9.84. The lowest BCUT2D eigenvalue weighted by Gasteiger charge is -2.34. The number of halogens is 2. The van der Waals surface area contributed by atoms with Gasteiger partial charge >= 0.3 is 0 Å². The Balaban J connectivity index is 1.44. The van der Waals surface area contributed by atoms with E-state index in [0.29, 0.717) is 28.6 Å². The van der Waals surface area contributed by atoms with Crippen LogP contribution in [0.2, 0.25) is 0 Å². The van der Waals surface area contributed by atoms with Crippen molar-refractivity contribution in [2.75, 3.05) is 25.1 Å². The van der Waals surface area contributed by atoms with Crippen LogP contribution in [0.25, 0.3) is 11.4 Å². The molecule has 162 valence electrons. The average molecular weight is 427 g/mol. The summed E-state index contributed by atoms with van der Waals surface area (Å²) in [4.78, 5) is 19.1. The van der Waals surface area contributed by atoms with Gasteiger partial charge in [-0.05, 0) is 24.3 Å². The van der Waals surface area contributed by atoms with Crippen LogP contribution >= 0.6 is 0 Å². The lowest BCUT2D eigenvalue weighted by Crippen LogP contribution is -2.40. The summed E-state index contributed by atoms with van der Waals surface area (Å²) in [6.45, 7) is 0.540. The molecule has 1 saturated heterocycles. The van der Waals surface area contributed by atoms with E-state index >= 15 is 0 Å². The predicted octanol–water partition coefficient (Wildman–Crippen LogP) is 3.65. The molecule has 4 rings (SSSR count). The van der Waals surface area contributed by atoms with E-state index in [2.05, 4.69) is 20.5 Å². The second kappa shape index (κ2) is 8.71. The third-order valence-electron chi connectivity index (χ3n) is 5.29. The zero-order valence-electron chi connectivity index (χ0n) is 17.1. The maximum Gasteiger partial charge on any atom is 0.253 e. The van der Waals surface area contributed by atoms with Crippen molar-refractivity contribution >= 4 is 11.6 Å². The minimum Gasteiger partial charge on any atom is -0.496 e. The van der Waals surface area contributed by atoms with E-state index in [1.807, 2.05) is 29.2 Å². The number of methoxy groups -OCH3 is 1. The lowest BCUT2D eigenvalue weighted by molar-refractivity contribution is -0.0220. The average Bonchev–Trinajstić information content (AvgIpc) is 3.26. The van der Waals surface area contributed by atoms with Crippen LogP contribution in [0.1, 0.15) is 29.0 Å².